The first-order chi connectivity index (χ1) is 8.06. The maximum absolute atomic E-state index is 11.7. The van der Waals surface area contributed by atoms with Crippen LogP contribution in [0.1, 0.15) is 23.7 Å². The van der Waals surface area contributed by atoms with Gasteiger partial charge in [0, 0.05) is 20.6 Å². The molecule has 1 amide bonds. The van der Waals surface area contributed by atoms with E-state index in [-0.39, 0.29) is 5.91 Å². The zero-order valence-corrected chi connectivity index (χ0v) is 11.1. The number of nitrogens with one attached hydrogen (secondary N) is 2. The molecule has 0 unspecified atom stereocenters. The second kappa shape index (κ2) is 6.47. The lowest BCUT2D eigenvalue weighted by Crippen LogP contribution is -2.23. The lowest BCUT2D eigenvalue weighted by molar-refractivity contribution is 0.0828. The molecule has 2 N–H and O–H groups in total. The van der Waals surface area contributed by atoms with Gasteiger partial charge in [-0.15, -0.1) is 0 Å². The number of benzene rings is 1. The van der Waals surface area contributed by atoms with Crippen LogP contribution in [0, 0.1) is 0 Å². The predicted octanol–water partition coefficient (Wildman–Crippen LogP) is 2.37. The maximum Gasteiger partial charge on any atom is 0.254 e. The minimum atomic E-state index is -0.0944. The molecule has 17 heavy (non-hydrogen) atoms. The molecule has 0 heterocycles. The van der Waals surface area contributed by atoms with Gasteiger partial charge in [0.25, 0.3) is 5.91 Å². The van der Waals surface area contributed by atoms with E-state index in [1.807, 2.05) is 6.07 Å². The Kier molecular flexibility index (Phi) is 5.25. The van der Waals surface area contributed by atoms with Crippen LogP contribution in [0.15, 0.2) is 18.2 Å². The Labute approximate surface area is 107 Å². The maximum atomic E-state index is 11.7. The summed E-state index contributed by atoms with van der Waals surface area (Å²) in [5.41, 5.74) is 7.43. The van der Waals surface area contributed by atoms with Gasteiger partial charge in [-0.2, -0.15) is 0 Å². The largest absolute Gasteiger partial charge is 0.345 e. The third-order valence-corrected chi connectivity index (χ3v) is 2.53. The summed E-state index contributed by atoms with van der Waals surface area (Å²) in [5.74, 6) is -0.0944. The molecule has 0 aliphatic carbocycles. The number of nitrogens with zero attached hydrogens (tertiary/aromatic N) is 1. The quantitative estimate of drug-likeness (QED) is 0.627. The summed E-state index contributed by atoms with van der Waals surface area (Å²) in [6, 6.07) is 5.28. The molecule has 1 rings (SSSR count). The predicted molar refractivity (Wildman–Crippen MR) is 71.4 cm³/mol. The molecule has 0 aliphatic heterocycles. The van der Waals surface area contributed by atoms with Crippen molar-refractivity contribution in [1.29, 1.82) is 0 Å². The highest BCUT2D eigenvalue weighted by Crippen LogP contribution is 2.21. The molecule has 0 bridgehead atoms. The lowest BCUT2D eigenvalue weighted by atomic mass is 10.2. The zero-order valence-electron chi connectivity index (χ0n) is 10.4. The van der Waals surface area contributed by atoms with Crippen LogP contribution in [0.5, 0.6) is 0 Å². The van der Waals surface area contributed by atoms with Crippen molar-refractivity contribution in [3.05, 3.63) is 28.8 Å². The van der Waals surface area contributed by atoms with E-state index in [1.165, 1.54) is 4.90 Å². The van der Waals surface area contributed by atoms with Gasteiger partial charge in [0.05, 0.1) is 16.3 Å². The van der Waals surface area contributed by atoms with E-state index in [0.29, 0.717) is 10.6 Å². The van der Waals surface area contributed by atoms with Crippen molar-refractivity contribution in [2.45, 2.75) is 13.3 Å². The van der Waals surface area contributed by atoms with Gasteiger partial charge < -0.3 is 10.3 Å². The third-order valence-electron chi connectivity index (χ3n) is 2.21. The Hall–Kier alpha value is -1.26. The average molecular weight is 256 g/mol. The summed E-state index contributed by atoms with van der Waals surface area (Å²) in [6.07, 6.45) is 1.04. The first-order valence-corrected chi connectivity index (χ1v) is 5.94. The Bertz CT molecular complexity index is 393. The van der Waals surface area contributed by atoms with Crippen molar-refractivity contribution in [2.24, 2.45) is 0 Å². The molecule has 5 heteroatoms. The molecule has 0 saturated heterocycles. The molecule has 1 aromatic rings. The summed E-state index contributed by atoms with van der Waals surface area (Å²) in [4.78, 5) is 13.2. The molecule has 0 aromatic heterocycles. The Morgan fingerprint density at radius 1 is 1.41 bits per heavy atom. The van der Waals surface area contributed by atoms with Crippen LogP contribution in [0.25, 0.3) is 0 Å². The van der Waals surface area contributed by atoms with Gasteiger partial charge in [0.2, 0.25) is 0 Å². The summed E-state index contributed by atoms with van der Waals surface area (Å²) in [7, 11) is 3.40. The number of hydrazine groups is 1. The van der Waals surface area contributed by atoms with Gasteiger partial charge in [0.15, 0.2) is 0 Å². The first-order valence-electron chi connectivity index (χ1n) is 5.56. The Morgan fingerprint density at radius 2 is 2.12 bits per heavy atom. The fraction of sp³-hybridized carbons (Fsp3) is 0.417. The van der Waals surface area contributed by atoms with Crippen LogP contribution in [0.4, 0.5) is 5.69 Å². The van der Waals surface area contributed by atoms with Crippen LogP contribution in [-0.2, 0) is 0 Å². The van der Waals surface area contributed by atoms with Crippen molar-refractivity contribution >= 4 is 23.2 Å². The Balaban J connectivity index is 2.76. The molecule has 0 atom stereocenters. The van der Waals surface area contributed by atoms with E-state index in [1.54, 1.807) is 26.2 Å². The molecule has 4 nitrogen and oxygen atoms in total. The first kappa shape index (κ1) is 13.8. The summed E-state index contributed by atoms with van der Waals surface area (Å²) in [6.45, 7) is 2.95. The van der Waals surface area contributed by atoms with Crippen molar-refractivity contribution in [3.8, 4) is 0 Å². The molecule has 0 aliphatic rings. The van der Waals surface area contributed by atoms with Crippen LogP contribution in [0.2, 0.25) is 5.02 Å². The van der Waals surface area contributed by atoms with Gasteiger partial charge in [0.1, 0.15) is 0 Å². The van der Waals surface area contributed by atoms with Crippen molar-refractivity contribution in [2.75, 3.05) is 26.1 Å². The molecular weight excluding hydrogens is 238 g/mol. The minimum absolute atomic E-state index is 0.0944. The number of amides is 1. The van der Waals surface area contributed by atoms with Gasteiger partial charge in [-0.25, -0.2) is 5.43 Å². The highest BCUT2D eigenvalue weighted by Gasteiger charge is 2.12. The lowest BCUT2D eigenvalue weighted by Gasteiger charge is -2.13. The highest BCUT2D eigenvalue weighted by atomic mass is 35.5. The zero-order chi connectivity index (χ0) is 12.8. The van der Waals surface area contributed by atoms with Crippen molar-refractivity contribution in [3.63, 3.8) is 0 Å². The fourth-order valence-electron chi connectivity index (χ4n) is 1.30. The number of rotatable bonds is 5. The van der Waals surface area contributed by atoms with Crippen LogP contribution >= 0.6 is 11.6 Å². The Morgan fingerprint density at radius 3 is 2.65 bits per heavy atom. The number of hydrogen-bond donors (Lipinski definition) is 2. The van der Waals surface area contributed by atoms with E-state index < -0.39 is 0 Å². The standard InChI is InChI=1S/C12H18ClN3O/c1-4-7-14-15-9-5-6-10(11(13)8-9)12(17)16(2)3/h5-6,8,14-15H,4,7H2,1-3H3. The number of anilines is 1. The van der Waals surface area contributed by atoms with Crippen molar-refractivity contribution in [1.82, 2.24) is 10.3 Å². The van der Waals surface area contributed by atoms with Gasteiger partial charge in [-0.3, -0.25) is 4.79 Å². The number of halogens is 1. The summed E-state index contributed by atoms with van der Waals surface area (Å²) >= 11 is 6.07. The van der Waals surface area contributed by atoms with Crippen LogP contribution in [-0.4, -0.2) is 31.4 Å². The van der Waals surface area contributed by atoms with Gasteiger partial charge in [-0.05, 0) is 24.6 Å². The summed E-state index contributed by atoms with van der Waals surface area (Å²) in [5, 5.41) is 0.451. The SMILES string of the molecule is CCCNNc1ccc(C(=O)N(C)C)c(Cl)c1. The minimum Gasteiger partial charge on any atom is -0.345 e. The van der Waals surface area contributed by atoms with E-state index in [2.05, 4.69) is 17.8 Å². The normalized spacial score (nSPS) is 10.1. The molecule has 0 radical (unpaired) electrons. The molecule has 0 saturated carbocycles. The molecule has 94 valence electrons. The molecule has 1 aromatic carbocycles. The number of carbonyl (C=O) groups is 1. The molecule has 0 spiro atoms. The monoisotopic (exact) mass is 255 g/mol. The summed E-state index contributed by atoms with van der Waals surface area (Å²) < 4.78 is 0. The number of hydrogen-bond acceptors (Lipinski definition) is 3. The smallest absolute Gasteiger partial charge is 0.254 e. The third kappa shape index (κ3) is 3.91. The van der Waals surface area contributed by atoms with Crippen LogP contribution < -0.4 is 10.9 Å². The number of carbonyl (C=O) groups excluding carboxylic acids is 1. The van der Waals surface area contributed by atoms with Gasteiger partial charge in [-0.1, -0.05) is 18.5 Å². The average Bonchev–Trinajstić information content (AvgIpc) is 2.28. The van der Waals surface area contributed by atoms with E-state index >= 15 is 0 Å². The van der Waals surface area contributed by atoms with E-state index in [4.69, 9.17) is 11.6 Å². The second-order valence-electron chi connectivity index (χ2n) is 3.95. The van der Waals surface area contributed by atoms with Crippen molar-refractivity contribution < 1.29 is 4.79 Å². The molecular formula is C12H18ClN3O. The van der Waals surface area contributed by atoms with E-state index in [0.717, 1.165) is 18.7 Å². The van der Waals surface area contributed by atoms with Gasteiger partial charge >= 0.3 is 0 Å². The van der Waals surface area contributed by atoms with E-state index in [9.17, 15) is 4.79 Å². The highest BCUT2D eigenvalue weighted by molar-refractivity contribution is 6.34. The van der Waals surface area contributed by atoms with Crippen LogP contribution in [0.3, 0.4) is 0 Å². The molecule has 0 fully saturated rings. The second-order valence-corrected chi connectivity index (χ2v) is 4.35. The fourth-order valence-corrected chi connectivity index (χ4v) is 1.56. The topological polar surface area (TPSA) is 44.4 Å².